The molecule has 0 aliphatic rings. The molecule has 0 spiro atoms. The highest BCUT2D eigenvalue weighted by molar-refractivity contribution is 9.10. The number of hydrogen-bond donors (Lipinski definition) is 0. The van der Waals surface area contributed by atoms with Gasteiger partial charge in [-0.2, -0.15) is 13.2 Å². The van der Waals surface area contributed by atoms with Gasteiger partial charge in [0.2, 0.25) is 0 Å². The third kappa shape index (κ3) is 4.59. The molecule has 0 aromatic heterocycles. The zero-order chi connectivity index (χ0) is 13.1. The molecule has 0 heterocycles. The quantitative estimate of drug-likeness (QED) is 0.629. The molecule has 94 valence electrons. The lowest BCUT2D eigenvalue weighted by Crippen LogP contribution is -2.13. The van der Waals surface area contributed by atoms with Crippen LogP contribution in [0.25, 0.3) is 0 Å². The Morgan fingerprint density at radius 1 is 1.41 bits per heavy atom. The second-order valence-corrected chi connectivity index (χ2v) is 4.00. The molecular weight excluding hydrogens is 307 g/mol. The minimum Gasteiger partial charge on any atom is -0.486 e. The molecule has 8 heteroatoms. The summed E-state index contributed by atoms with van der Waals surface area (Å²) >= 11 is 3.05. The average molecular weight is 314 g/mol. The highest BCUT2D eigenvalue weighted by atomic mass is 79.9. The topological polar surface area (TPSA) is 52.4 Å². The Balaban J connectivity index is 2.75. The van der Waals surface area contributed by atoms with E-state index in [0.717, 1.165) is 6.07 Å². The molecule has 0 aliphatic heterocycles. The number of alkyl halides is 3. The van der Waals surface area contributed by atoms with Crippen molar-refractivity contribution in [3.63, 3.8) is 0 Å². The minimum atomic E-state index is -4.35. The maximum absolute atomic E-state index is 11.9. The van der Waals surface area contributed by atoms with E-state index in [9.17, 15) is 23.3 Å². The van der Waals surface area contributed by atoms with E-state index in [-0.39, 0.29) is 11.4 Å². The summed E-state index contributed by atoms with van der Waals surface area (Å²) in [7, 11) is 0. The van der Waals surface area contributed by atoms with Gasteiger partial charge in [0.1, 0.15) is 0 Å². The second kappa shape index (κ2) is 5.35. The Morgan fingerprint density at radius 3 is 2.59 bits per heavy atom. The van der Waals surface area contributed by atoms with Crippen molar-refractivity contribution in [3.05, 3.63) is 32.8 Å². The molecule has 0 saturated carbocycles. The van der Waals surface area contributed by atoms with Gasteiger partial charge in [-0.15, -0.1) is 0 Å². The first-order valence-electron chi connectivity index (χ1n) is 4.43. The number of nitro benzene ring substituents is 1. The third-order valence-corrected chi connectivity index (χ3v) is 2.25. The van der Waals surface area contributed by atoms with E-state index in [4.69, 9.17) is 4.74 Å². The molecule has 4 nitrogen and oxygen atoms in total. The predicted molar refractivity (Wildman–Crippen MR) is 57.0 cm³/mol. The van der Waals surface area contributed by atoms with Crippen molar-refractivity contribution in [1.82, 2.24) is 0 Å². The van der Waals surface area contributed by atoms with Crippen LogP contribution in [0.1, 0.15) is 6.42 Å². The van der Waals surface area contributed by atoms with Crippen LogP contribution in [-0.2, 0) is 0 Å². The number of nitro groups is 1. The third-order valence-electron chi connectivity index (χ3n) is 1.76. The number of halogens is 4. The highest BCUT2D eigenvalue weighted by Gasteiger charge is 2.27. The lowest BCUT2D eigenvalue weighted by molar-refractivity contribution is -0.385. The van der Waals surface area contributed by atoms with Crippen molar-refractivity contribution in [2.45, 2.75) is 12.6 Å². The molecule has 0 radical (unpaired) electrons. The highest BCUT2D eigenvalue weighted by Crippen LogP contribution is 2.30. The first-order valence-corrected chi connectivity index (χ1v) is 5.22. The Hall–Kier alpha value is -1.31. The van der Waals surface area contributed by atoms with Gasteiger partial charge in [-0.05, 0) is 6.07 Å². The van der Waals surface area contributed by atoms with Gasteiger partial charge in [0.15, 0.2) is 5.75 Å². The minimum absolute atomic E-state index is 0.186. The fourth-order valence-corrected chi connectivity index (χ4v) is 1.37. The van der Waals surface area contributed by atoms with Crippen molar-refractivity contribution >= 4 is 21.6 Å². The molecule has 0 saturated heterocycles. The van der Waals surface area contributed by atoms with Gasteiger partial charge in [-0.1, -0.05) is 15.9 Å². The molecule has 0 aliphatic carbocycles. The number of benzene rings is 1. The molecular formula is C9H7BrF3NO3. The Morgan fingerprint density at radius 2 is 2.06 bits per heavy atom. The number of rotatable bonds is 4. The average Bonchev–Trinajstić information content (AvgIpc) is 2.15. The molecule has 1 aromatic rings. The molecule has 0 atom stereocenters. The van der Waals surface area contributed by atoms with E-state index in [0.29, 0.717) is 4.47 Å². The van der Waals surface area contributed by atoms with Crippen molar-refractivity contribution in [1.29, 1.82) is 0 Å². The van der Waals surface area contributed by atoms with E-state index in [2.05, 4.69) is 15.9 Å². The van der Waals surface area contributed by atoms with Crippen LogP contribution in [0.2, 0.25) is 0 Å². The van der Waals surface area contributed by atoms with Gasteiger partial charge in [0, 0.05) is 16.6 Å². The van der Waals surface area contributed by atoms with E-state index in [1.165, 1.54) is 12.1 Å². The lowest BCUT2D eigenvalue weighted by Gasteiger charge is -2.09. The summed E-state index contributed by atoms with van der Waals surface area (Å²) in [5.41, 5.74) is -0.365. The maximum Gasteiger partial charge on any atom is 0.392 e. The van der Waals surface area contributed by atoms with Crippen LogP contribution in [0.4, 0.5) is 18.9 Å². The number of nitrogens with zero attached hydrogens (tertiary/aromatic N) is 1. The van der Waals surface area contributed by atoms with Crippen LogP contribution in [0, 0.1) is 10.1 Å². The molecule has 1 rings (SSSR count). The van der Waals surface area contributed by atoms with Crippen LogP contribution in [0.15, 0.2) is 22.7 Å². The molecule has 0 fully saturated rings. The van der Waals surface area contributed by atoms with Crippen molar-refractivity contribution in [2.75, 3.05) is 6.61 Å². The fraction of sp³-hybridized carbons (Fsp3) is 0.333. The zero-order valence-electron chi connectivity index (χ0n) is 8.33. The smallest absolute Gasteiger partial charge is 0.392 e. The number of hydrogen-bond acceptors (Lipinski definition) is 3. The monoisotopic (exact) mass is 313 g/mol. The van der Waals surface area contributed by atoms with Crippen molar-refractivity contribution < 1.29 is 22.8 Å². The van der Waals surface area contributed by atoms with E-state index in [1.807, 2.05) is 0 Å². The molecule has 0 amide bonds. The van der Waals surface area contributed by atoms with Crippen LogP contribution < -0.4 is 4.74 Å². The fourth-order valence-electron chi connectivity index (χ4n) is 1.03. The summed E-state index contributed by atoms with van der Waals surface area (Å²) in [5, 5.41) is 10.6. The van der Waals surface area contributed by atoms with Gasteiger partial charge in [0.25, 0.3) is 0 Å². The molecule has 1 aromatic carbocycles. The zero-order valence-corrected chi connectivity index (χ0v) is 9.92. The Kier molecular flexibility index (Phi) is 4.33. The van der Waals surface area contributed by atoms with Crippen LogP contribution in [0.3, 0.4) is 0 Å². The summed E-state index contributed by atoms with van der Waals surface area (Å²) in [6.45, 7) is -0.652. The summed E-state index contributed by atoms with van der Waals surface area (Å²) in [4.78, 5) is 9.87. The van der Waals surface area contributed by atoms with Crippen LogP contribution in [0.5, 0.6) is 5.75 Å². The second-order valence-electron chi connectivity index (χ2n) is 3.08. The number of ether oxygens (including phenoxy) is 1. The summed E-state index contributed by atoms with van der Waals surface area (Å²) < 4.78 is 40.9. The first-order chi connectivity index (χ1) is 7.79. The van der Waals surface area contributed by atoms with Crippen LogP contribution in [-0.4, -0.2) is 17.7 Å². The SMILES string of the molecule is O=[N+]([O-])c1ccc(Br)cc1OCCC(F)(F)F. The standard InChI is InChI=1S/C9H7BrF3NO3/c10-6-1-2-7(14(15)16)8(5-6)17-4-3-9(11,12)13/h1-2,5H,3-4H2. The molecule has 0 unspecified atom stereocenters. The Bertz CT molecular complexity index is 422. The largest absolute Gasteiger partial charge is 0.486 e. The van der Waals surface area contributed by atoms with Gasteiger partial charge >= 0.3 is 11.9 Å². The molecule has 17 heavy (non-hydrogen) atoms. The van der Waals surface area contributed by atoms with Crippen molar-refractivity contribution in [2.24, 2.45) is 0 Å². The van der Waals surface area contributed by atoms with E-state index >= 15 is 0 Å². The summed E-state index contributed by atoms with van der Waals surface area (Å²) in [6.07, 6.45) is -5.50. The predicted octanol–water partition coefficient (Wildman–Crippen LogP) is 3.69. The maximum atomic E-state index is 11.9. The normalized spacial score (nSPS) is 11.3. The van der Waals surface area contributed by atoms with Crippen LogP contribution >= 0.6 is 15.9 Å². The molecule has 0 bridgehead atoms. The van der Waals surface area contributed by atoms with Crippen molar-refractivity contribution in [3.8, 4) is 5.75 Å². The van der Waals surface area contributed by atoms with Gasteiger partial charge in [0.05, 0.1) is 18.0 Å². The lowest BCUT2D eigenvalue weighted by atomic mass is 10.3. The van der Waals surface area contributed by atoms with Gasteiger partial charge in [-0.3, -0.25) is 10.1 Å². The first kappa shape index (κ1) is 13.8. The van der Waals surface area contributed by atoms with E-state index < -0.39 is 24.1 Å². The Labute approximate surface area is 103 Å². The van der Waals surface area contributed by atoms with Gasteiger partial charge in [-0.25, -0.2) is 0 Å². The van der Waals surface area contributed by atoms with Gasteiger partial charge < -0.3 is 4.74 Å². The molecule has 0 N–H and O–H groups in total. The van der Waals surface area contributed by atoms with E-state index in [1.54, 1.807) is 0 Å². The summed E-state index contributed by atoms with van der Waals surface area (Å²) in [5.74, 6) is -0.186. The summed E-state index contributed by atoms with van der Waals surface area (Å²) in [6, 6.07) is 3.83.